The van der Waals surface area contributed by atoms with Gasteiger partial charge in [0.15, 0.2) is 0 Å². The van der Waals surface area contributed by atoms with Gasteiger partial charge in [-0.05, 0) is 43.3 Å². The van der Waals surface area contributed by atoms with Gasteiger partial charge in [0, 0.05) is 18.4 Å². The Morgan fingerprint density at radius 1 is 1.26 bits per heavy atom. The van der Waals surface area contributed by atoms with Crippen LogP contribution in [0.3, 0.4) is 0 Å². The molecule has 0 aliphatic heterocycles. The van der Waals surface area contributed by atoms with E-state index in [0.717, 1.165) is 17.9 Å². The molecule has 0 saturated heterocycles. The van der Waals surface area contributed by atoms with Crippen LogP contribution in [0.5, 0.6) is 0 Å². The molecule has 1 aromatic heterocycles. The maximum absolute atomic E-state index is 13.3. The van der Waals surface area contributed by atoms with E-state index in [0.29, 0.717) is 18.1 Å². The van der Waals surface area contributed by atoms with Gasteiger partial charge < -0.3 is 10.6 Å². The van der Waals surface area contributed by atoms with Gasteiger partial charge in [0.05, 0.1) is 5.02 Å². The minimum atomic E-state index is -0.274. The Hall–Kier alpha value is -1.65. The Kier molecular flexibility index (Phi) is 4.71. The maximum atomic E-state index is 13.3. The molecule has 1 aromatic carbocycles. The molecule has 100 valence electrons. The van der Waals surface area contributed by atoms with Crippen molar-refractivity contribution in [3.63, 3.8) is 0 Å². The smallest absolute Gasteiger partial charge is 0.133 e. The zero-order valence-electron chi connectivity index (χ0n) is 10.4. The van der Waals surface area contributed by atoms with Gasteiger partial charge in [-0.2, -0.15) is 0 Å². The number of halogens is 2. The first-order chi connectivity index (χ1) is 9.20. The van der Waals surface area contributed by atoms with Crippen molar-refractivity contribution < 1.29 is 4.39 Å². The summed E-state index contributed by atoms with van der Waals surface area (Å²) < 4.78 is 13.3. The van der Waals surface area contributed by atoms with Crippen LogP contribution in [0.15, 0.2) is 42.6 Å². The fourth-order valence-electron chi connectivity index (χ4n) is 1.80. The standard InChI is InChI=1S/C14H15ClFN3/c15-11-5-6-14(18-10-11)19(8-2-7-17)13-4-1-3-12(16)9-13/h1,3-6,9-10H,2,7-8,17H2. The lowest BCUT2D eigenvalue weighted by Crippen LogP contribution is -2.21. The lowest BCUT2D eigenvalue weighted by Gasteiger charge is -2.23. The Bertz CT molecular complexity index is 530. The maximum Gasteiger partial charge on any atom is 0.133 e. The van der Waals surface area contributed by atoms with Gasteiger partial charge in [0.25, 0.3) is 0 Å². The largest absolute Gasteiger partial charge is 0.330 e. The van der Waals surface area contributed by atoms with Crippen LogP contribution in [-0.2, 0) is 0 Å². The summed E-state index contributed by atoms with van der Waals surface area (Å²) in [5.41, 5.74) is 6.30. The summed E-state index contributed by atoms with van der Waals surface area (Å²) in [6.07, 6.45) is 2.37. The molecule has 0 aliphatic rings. The molecule has 0 aliphatic carbocycles. The van der Waals surface area contributed by atoms with Gasteiger partial charge in [0.1, 0.15) is 11.6 Å². The second-order valence-electron chi connectivity index (χ2n) is 4.11. The highest BCUT2D eigenvalue weighted by atomic mass is 35.5. The molecular formula is C14H15ClFN3. The summed E-state index contributed by atoms with van der Waals surface area (Å²) in [4.78, 5) is 6.19. The quantitative estimate of drug-likeness (QED) is 0.912. The van der Waals surface area contributed by atoms with Crippen LogP contribution in [-0.4, -0.2) is 18.1 Å². The molecule has 19 heavy (non-hydrogen) atoms. The Labute approximate surface area is 116 Å². The highest BCUT2D eigenvalue weighted by Gasteiger charge is 2.10. The Morgan fingerprint density at radius 3 is 2.74 bits per heavy atom. The van der Waals surface area contributed by atoms with Crippen LogP contribution < -0.4 is 10.6 Å². The number of hydrogen-bond acceptors (Lipinski definition) is 3. The van der Waals surface area contributed by atoms with Gasteiger partial charge in [-0.3, -0.25) is 0 Å². The van der Waals surface area contributed by atoms with Crippen molar-refractivity contribution in [3.05, 3.63) is 53.4 Å². The van der Waals surface area contributed by atoms with Gasteiger partial charge >= 0.3 is 0 Å². The summed E-state index contributed by atoms with van der Waals surface area (Å²) in [5.74, 6) is 0.452. The zero-order valence-corrected chi connectivity index (χ0v) is 11.1. The van der Waals surface area contributed by atoms with Crippen molar-refractivity contribution in [3.8, 4) is 0 Å². The van der Waals surface area contributed by atoms with E-state index in [2.05, 4.69) is 4.98 Å². The second-order valence-corrected chi connectivity index (χ2v) is 4.54. The molecule has 0 radical (unpaired) electrons. The number of nitrogens with zero attached hydrogens (tertiary/aromatic N) is 2. The second kappa shape index (κ2) is 6.50. The third-order valence-corrected chi connectivity index (χ3v) is 2.92. The minimum Gasteiger partial charge on any atom is -0.330 e. The summed E-state index contributed by atoms with van der Waals surface area (Å²) in [6.45, 7) is 1.24. The van der Waals surface area contributed by atoms with Crippen LogP contribution in [0.25, 0.3) is 0 Å². The SMILES string of the molecule is NCCCN(c1cccc(F)c1)c1ccc(Cl)cn1. The van der Waals surface area contributed by atoms with E-state index < -0.39 is 0 Å². The zero-order chi connectivity index (χ0) is 13.7. The van der Waals surface area contributed by atoms with E-state index in [1.807, 2.05) is 17.0 Å². The first-order valence-corrected chi connectivity index (χ1v) is 6.43. The lowest BCUT2D eigenvalue weighted by molar-refractivity contribution is 0.627. The van der Waals surface area contributed by atoms with Gasteiger partial charge in [-0.15, -0.1) is 0 Å². The third-order valence-electron chi connectivity index (χ3n) is 2.69. The van der Waals surface area contributed by atoms with E-state index in [4.69, 9.17) is 17.3 Å². The van der Waals surface area contributed by atoms with Crippen molar-refractivity contribution in [2.45, 2.75) is 6.42 Å². The number of anilines is 2. The van der Waals surface area contributed by atoms with Crippen molar-refractivity contribution in [2.75, 3.05) is 18.0 Å². The Morgan fingerprint density at radius 2 is 2.11 bits per heavy atom. The van der Waals surface area contributed by atoms with Crippen LogP contribution >= 0.6 is 11.6 Å². The monoisotopic (exact) mass is 279 g/mol. The van der Waals surface area contributed by atoms with E-state index >= 15 is 0 Å². The molecular weight excluding hydrogens is 265 g/mol. The molecule has 1 heterocycles. The van der Waals surface area contributed by atoms with Gasteiger partial charge in [-0.1, -0.05) is 17.7 Å². The molecule has 2 N–H and O–H groups in total. The topological polar surface area (TPSA) is 42.1 Å². The van der Waals surface area contributed by atoms with Gasteiger partial charge in [0.2, 0.25) is 0 Å². The number of aromatic nitrogens is 1. The molecule has 0 unspecified atom stereocenters. The van der Waals surface area contributed by atoms with Crippen molar-refractivity contribution in [1.29, 1.82) is 0 Å². The number of nitrogens with two attached hydrogens (primary N) is 1. The normalized spacial score (nSPS) is 10.5. The van der Waals surface area contributed by atoms with Crippen LogP contribution in [0.4, 0.5) is 15.9 Å². The van der Waals surface area contributed by atoms with Crippen molar-refractivity contribution >= 4 is 23.1 Å². The molecule has 2 aromatic rings. The molecule has 0 spiro atoms. The average Bonchev–Trinajstić information content (AvgIpc) is 2.41. The van der Waals surface area contributed by atoms with E-state index in [1.54, 1.807) is 18.3 Å². The van der Waals surface area contributed by atoms with E-state index in [1.165, 1.54) is 12.1 Å². The van der Waals surface area contributed by atoms with Crippen LogP contribution in [0, 0.1) is 5.82 Å². The molecule has 2 rings (SSSR count). The summed E-state index contributed by atoms with van der Waals surface area (Å²) in [5, 5.41) is 0.571. The van der Waals surface area contributed by atoms with Crippen LogP contribution in [0.2, 0.25) is 5.02 Å². The summed E-state index contributed by atoms with van der Waals surface area (Å²) >= 11 is 5.83. The fourth-order valence-corrected chi connectivity index (χ4v) is 1.91. The highest BCUT2D eigenvalue weighted by molar-refractivity contribution is 6.30. The lowest BCUT2D eigenvalue weighted by atomic mass is 10.2. The van der Waals surface area contributed by atoms with Gasteiger partial charge in [-0.25, -0.2) is 9.37 Å². The van der Waals surface area contributed by atoms with Crippen LogP contribution in [0.1, 0.15) is 6.42 Å². The average molecular weight is 280 g/mol. The molecule has 0 atom stereocenters. The predicted octanol–water partition coefficient (Wildman–Crippen LogP) is 3.36. The number of pyridine rings is 1. The minimum absolute atomic E-state index is 0.274. The number of rotatable bonds is 5. The first kappa shape index (κ1) is 13.8. The first-order valence-electron chi connectivity index (χ1n) is 6.05. The molecule has 0 amide bonds. The third kappa shape index (κ3) is 3.66. The summed E-state index contributed by atoms with van der Waals surface area (Å²) in [6, 6.07) is 9.99. The molecule has 0 saturated carbocycles. The molecule has 0 bridgehead atoms. The summed E-state index contributed by atoms with van der Waals surface area (Å²) in [7, 11) is 0. The predicted molar refractivity (Wildman–Crippen MR) is 76.3 cm³/mol. The number of benzene rings is 1. The Balaban J connectivity index is 2.32. The van der Waals surface area contributed by atoms with Crippen molar-refractivity contribution in [2.24, 2.45) is 5.73 Å². The highest BCUT2D eigenvalue weighted by Crippen LogP contribution is 2.25. The van der Waals surface area contributed by atoms with E-state index in [9.17, 15) is 4.39 Å². The van der Waals surface area contributed by atoms with Crippen molar-refractivity contribution in [1.82, 2.24) is 4.98 Å². The van der Waals surface area contributed by atoms with E-state index in [-0.39, 0.29) is 5.82 Å². The number of hydrogen-bond donors (Lipinski definition) is 1. The fraction of sp³-hybridized carbons (Fsp3) is 0.214. The molecule has 5 heteroatoms. The molecule has 0 fully saturated rings. The molecule has 3 nitrogen and oxygen atoms in total.